The molecule has 4 aliphatic rings. The zero-order chi connectivity index (χ0) is 29.8. The van der Waals surface area contributed by atoms with Gasteiger partial charge in [-0.3, -0.25) is 14.4 Å². The van der Waals surface area contributed by atoms with Crippen LogP contribution < -0.4 is 15.4 Å². The molecule has 0 aromatic heterocycles. The number of ether oxygens (including phenoxy) is 2. The molecule has 2 bridgehead atoms. The number of amides is 3. The van der Waals surface area contributed by atoms with Crippen molar-refractivity contribution in [2.24, 2.45) is 23.7 Å². The average Bonchev–Trinajstić information content (AvgIpc) is 3.61. The lowest BCUT2D eigenvalue weighted by Gasteiger charge is -2.38. The van der Waals surface area contributed by atoms with E-state index < -0.39 is 29.6 Å². The van der Waals surface area contributed by atoms with Crippen LogP contribution in [-0.2, 0) is 25.7 Å². The molecule has 0 radical (unpaired) electrons. The van der Waals surface area contributed by atoms with E-state index in [-0.39, 0.29) is 30.3 Å². The summed E-state index contributed by atoms with van der Waals surface area (Å²) in [6, 6.07) is 11.8. The Morgan fingerprint density at radius 3 is 2.69 bits per heavy atom. The van der Waals surface area contributed by atoms with Crippen molar-refractivity contribution in [2.45, 2.75) is 70.4 Å². The molecule has 3 aliphatic heterocycles. The summed E-state index contributed by atoms with van der Waals surface area (Å²) in [5, 5.41) is 6.78. The van der Waals surface area contributed by atoms with Gasteiger partial charge in [0.25, 0.3) is 0 Å². The molecule has 222 valence electrons. The van der Waals surface area contributed by atoms with Crippen molar-refractivity contribution in [2.75, 3.05) is 12.4 Å². The molecule has 8 nitrogen and oxygen atoms in total. The Bertz CT molecular complexity index is 1440. The Morgan fingerprint density at radius 2 is 1.93 bits per heavy atom. The molecular weight excluding hydrogens is 554 g/mol. The van der Waals surface area contributed by atoms with Crippen LogP contribution in [0.4, 0.5) is 5.69 Å². The molecular formula is C33H38ClN3O5. The second-order valence-electron chi connectivity index (χ2n) is 12.3. The molecule has 2 aromatic carbocycles. The molecule has 3 amide bonds. The normalized spacial score (nSPS) is 33.0. The fourth-order valence-electron chi connectivity index (χ4n) is 7.40. The summed E-state index contributed by atoms with van der Waals surface area (Å²) < 4.78 is 12.1. The van der Waals surface area contributed by atoms with Crippen molar-refractivity contribution >= 4 is 35.0 Å². The molecule has 6 rings (SSSR count). The lowest BCUT2D eigenvalue weighted by Crippen LogP contribution is -2.57. The summed E-state index contributed by atoms with van der Waals surface area (Å²) in [5.41, 5.74) is 0.969. The van der Waals surface area contributed by atoms with Gasteiger partial charge >= 0.3 is 0 Å². The molecule has 2 aromatic rings. The maximum absolute atomic E-state index is 14.4. The minimum atomic E-state index is -1.25. The van der Waals surface area contributed by atoms with Gasteiger partial charge in [0, 0.05) is 22.3 Å². The van der Waals surface area contributed by atoms with Gasteiger partial charge in [-0.1, -0.05) is 74.7 Å². The second kappa shape index (κ2) is 11.0. The number of halogens is 1. The lowest BCUT2D eigenvalue weighted by molar-refractivity contribution is -0.142. The zero-order valence-electron chi connectivity index (χ0n) is 24.4. The van der Waals surface area contributed by atoms with Gasteiger partial charge in [0.1, 0.15) is 17.4 Å². The number of carbonyl (C=O) groups excluding carboxylic acids is 3. The van der Waals surface area contributed by atoms with Crippen molar-refractivity contribution in [1.29, 1.82) is 0 Å². The van der Waals surface area contributed by atoms with Crippen LogP contribution in [0.5, 0.6) is 5.75 Å². The molecule has 3 heterocycles. The van der Waals surface area contributed by atoms with Crippen LogP contribution in [0, 0.1) is 30.6 Å². The number of carbonyl (C=O) groups is 3. The van der Waals surface area contributed by atoms with Crippen molar-refractivity contribution in [3.63, 3.8) is 0 Å². The van der Waals surface area contributed by atoms with Crippen LogP contribution in [0.25, 0.3) is 0 Å². The summed E-state index contributed by atoms with van der Waals surface area (Å²) >= 11 is 6.30. The molecule has 8 atom stereocenters. The number of likely N-dealkylation sites (tertiary alicyclic amines) is 1. The molecule has 1 saturated carbocycles. The minimum Gasteiger partial charge on any atom is -0.496 e. The highest BCUT2D eigenvalue weighted by Gasteiger charge is 2.72. The largest absolute Gasteiger partial charge is 0.496 e. The van der Waals surface area contributed by atoms with Gasteiger partial charge in [0.15, 0.2) is 0 Å². The SMILES string of the molecule is COc1ccccc1CN1C(=O)[C@@H]2C(C(=O)Nc3ccc(C)c(Cl)c3)[C@@H]3C=CC2(O3)C1C(=O)NC1CCCC(C)C1C. The monoisotopic (exact) mass is 591 g/mol. The van der Waals surface area contributed by atoms with E-state index in [0.29, 0.717) is 28.3 Å². The zero-order valence-corrected chi connectivity index (χ0v) is 25.2. The van der Waals surface area contributed by atoms with E-state index in [2.05, 4.69) is 24.5 Å². The van der Waals surface area contributed by atoms with Gasteiger partial charge in [0.2, 0.25) is 17.7 Å². The third kappa shape index (κ3) is 4.69. The molecule has 2 N–H and O–H groups in total. The number of anilines is 1. The Hall–Kier alpha value is -3.36. The third-order valence-electron chi connectivity index (χ3n) is 9.93. The van der Waals surface area contributed by atoms with Crippen LogP contribution in [0.3, 0.4) is 0 Å². The molecule has 1 aliphatic carbocycles. The quantitative estimate of drug-likeness (QED) is 0.447. The summed E-state index contributed by atoms with van der Waals surface area (Å²) in [6.07, 6.45) is 6.13. The number of hydrogen-bond acceptors (Lipinski definition) is 5. The molecule has 6 unspecified atom stereocenters. The summed E-state index contributed by atoms with van der Waals surface area (Å²) in [6.45, 7) is 6.44. The number of methoxy groups -OCH3 is 1. The maximum Gasteiger partial charge on any atom is 0.246 e. The van der Waals surface area contributed by atoms with Crippen LogP contribution in [0.2, 0.25) is 5.02 Å². The van der Waals surface area contributed by atoms with Crippen molar-refractivity contribution in [3.8, 4) is 5.75 Å². The van der Waals surface area contributed by atoms with E-state index in [4.69, 9.17) is 21.1 Å². The first kappa shape index (κ1) is 28.7. The molecule has 1 spiro atoms. The second-order valence-corrected chi connectivity index (χ2v) is 12.7. The first-order valence-electron chi connectivity index (χ1n) is 14.8. The van der Waals surface area contributed by atoms with Crippen LogP contribution >= 0.6 is 11.6 Å². The van der Waals surface area contributed by atoms with Crippen molar-refractivity contribution < 1.29 is 23.9 Å². The predicted octanol–water partition coefficient (Wildman–Crippen LogP) is 4.89. The lowest BCUT2D eigenvalue weighted by atomic mass is 9.73. The Balaban J connectivity index is 1.34. The number of fused-ring (bicyclic) bond motifs is 1. The highest BCUT2D eigenvalue weighted by atomic mass is 35.5. The van der Waals surface area contributed by atoms with E-state index >= 15 is 0 Å². The number of aryl methyl sites for hydroxylation is 1. The summed E-state index contributed by atoms with van der Waals surface area (Å²) in [5.74, 6) is -1.07. The average molecular weight is 592 g/mol. The number of benzene rings is 2. The van der Waals surface area contributed by atoms with Gasteiger partial charge in [0.05, 0.1) is 31.6 Å². The number of para-hydroxylation sites is 1. The first-order valence-corrected chi connectivity index (χ1v) is 15.2. The van der Waals surface area contributed by atoms with E-state index in [1.807, 2.05) is 49.4 Å². The van der Waals surface area contributed by atoms with Crippen LogP contribution in [0.15, 0.2) is 54.6 Å². The van der Waals surface area contributed by atoms with Gasteiger partial charge in [-0.2, -0.15) is 0 Å². The molecule has 9 heteroatoms. The van der Waals surface area contributed by atoms with E-state index in [0.717, 1.165) is 30.4 Å². The predicted molar refractivity (Wildman–Crippen MR) is 160 cm³/mol. The minimum absolute atomic E-state index is 0.00729. The van der Waals surface area contributed by atoms with Crippen molar-refractivity contribution in [3.05, 3.63) is 70.8 Å². The molecule has 2 saturated heterocycles. The van der Waals surface area contributed by atoms with Crippen LogP contribution in [-0.4, -0.2) is 53.5 Å². The first-order chi connectivity index (χ1) is 20.1. The van der Waals surface area contributed by atoms with Gasteiger partial charge in [-0.15, -0.1) is 0 Å². The highest BCUT2D eigenvalue weighted by Crippen LogP contribution is 2.55. The summed E-state index contributed by atoms with van der Waals surface area (Å²) in [7, 11) is 1.58. The van der Waals surface area contributed by atoms with Gasteiger partial charge < -0.3 is 25.0 Å². The topological polar surface area (TPSA) is 97.0 Å². The Kier molecular flexibility index (Phi) is 7.56. The number of rotatable bonds is 7. The smallest absolute Gasteiger partial charge is 0.246 e. The number of hydrogen-bond donors (Lipinski definition) is 2. The van der Waals surface area contributed by atoms with Gasteiger partial charge in [-0.05, 0) is 48.9 Å². The fourth-order valence-corrected chi connectivity index (χ4v) is 7.58. The Labute approximate surface area is 251 Å². The third-order valence-corrected chi connectivity index (χ3v) is 10.3. The molecule has 3 fully saturated rings. The highest BCUT2D eigenvalue weighted by molar-refractivity contribution is 6.31. The standard InChI is InChI=1S/C33H38ClN3O5/c1-18-8-7-10-24(20(18)3)36-31(39)29-33-15-14-26(42-33)27(30(38)35-22-13-12-19(2)23(34)16-22)28(33)32(40)37(29)17-21-9-5-6-11-25(21)41-4/h5-6,9,11-16,18,20,24,26-29H,7-8,10,17H2,1-4H3,(H,35,38)(H,36,39)/t18?,20?,24?,26-,27?,28-,29?,33?/m0/s1. The fraction of sp³-hybridized carbons (Fsp3) is 0.485. The summed E-state index contributed by atoms with van der Waals surface area (Å²) in [4.78, 5) is 44.0. The Morgan fingerprint density at radius 1 is 1.14 bits per heavy atom. The van der Waals surface area contributed by atoms with E-state index in [1.54, 1.807) is 24.1 Å². The van der Waals surface area contributed by atoms with Crippen LogP contribution in [0.1, 0.15) is 44.2 Å². The van der Waals surface area contributed by atoms with E-state index in [9.17, 15) is 14.4 Å². The molecule has 42 heavy (non-hydrogen) atoms. The van der Waals surface area contributed by atoms with Crippen molar-refractivity contribution in [1.82, 2.24) is 10.2 Å². The maximum atomic E-state index is 14.4. The number of nitrogens with zero attached hydrogens (tertiary/aromatic N) is 1. The van der Waals surface area contributed by atoms with E-state index in [1.165, 1.54) is 0 Å². The number of nitrogens with one attached hydrogen (secondary N) is 2. The van der Waals surface area contributed by atoms with Gasteiger partial charge in [-0.25, -0.2) is 0 Å².